The van der Waals surface area contributed by atoms with E-state index in [9.17, 15) is 18.0 Å². The van der Waals surface area contributed by atoms with Gasteiger partial charge < -0.3 is 14.6 Å². The van der Waals surface area contributed by atoms with Gasteiger partial charge in [0.15, 0.2) is 11.9 Å². The summed E-state index contributed by atoms with van der Waals surface area (Å²) in [5.74, 6) is -0.345. The maximum absolute atomic E-state index is 12.2. The molecule has 0 saturated carbocycles. The topological polar surface area (TPSA) is 119 Å². The number of hydrogen-bond acceptors (Lipinski definition) is 7. The number of anilines is 2. The molecular formula is C17H19N3O6S. The predicted molar refractivity (Wildman–Crippen MR) is 96.9 cm³/mol. The van der Waals surface area contributed by atoms with Crippen molar-refractivity contribution in [1.29, 1.82) is 0 Å². The van der Waals surface area contributed by atoms with Gasteiger partial charge in [0, 0.05) is 12.6 Å². The van der Waals surface area contributed by atoms with Crippen molar-refractivity contribution in [2.45, 2.75) is 26.4 Å². The highest BCUT2D eigenvalue weighted by Gasteiger charge is 2.28. The molecule has 1 aromatic heterocycles. The van der Waals surface area contributed by atoms with Gasteiger partial charge in [0.1, 0.15) is 5.76 Å². The van der Waals surface area contributed by atoms with Crippen LogP contribution in [0.25, 0.3) is 0 Å². The van der Waals surface area contributed by atoms with Gasteiger partial charge in [0.2, 0.25) is 10.0 Å². The molecule has 0 radical (unpaired) electrons. The summed E-state index contributed by atoms with van der Waals surface area (Å²) in [6.45, 7) is 3.54. The van der Waals surface area contributed by atoms with Gasteiger partial charge in [-0.2, -0.15) is 0 Å². The lowest BCUT2D eigenvalue weighted by molar-refractivity contribution is -0.123. The largest absolute Gasteiger partial charge is 0.449 e. The summed E-state index contributed by atoms with van der Waals surface area (Å²) in [5.41, 5.74) is 0.712. The Kier molecular flexibility index (Phi) is 5.17. The number of carbonyl (C=O) groups is 2. The Balaban J connectivity index is 1.61. The second-order valence-corrected chi connectivity index (χ2v) is 8.16. The molecule has 0 aliphatic carbocycles. The molecular weight excluding hydrogens is 374 g/mol. The predicted octanol–water partition coefficient (Wildman–Crippen LogP) is 1.71. The molecule has 1 unspecified atom stereocenters. The van der Waals surface area contributed by atoms with Crippen LogP contribution in [0.1, 0.15) is 29.5 Å². The van der Waals surface area contributed by atoms with Crippen molar-refractivity contribution < 1.29 is 27.3 Å². The second-order valence-electron chi connectivity index (χ2n) is 6.15. The summed E-state index contributed by atoms with van der Waals surface area (Å²) in [7, 11) is -3.28. The molecule has 1 saturated heterocycles. The molecule has 1 N–H and O–H groups in total. The molecule has 0 bridgehead atoms. The Bertz CT molecular complexity index is 951. The third-order valence-corrected chi connectivity index (χ3v) is 5.89. The van der Waals surface area contributed by atoms with E-state index >= 15 is 0 Å². The van der Waals surface area contributed by atoms with Crippen LogP contribution in [0.4, 0.5) is 11.5 Å². The first kappa shape index (κ1) is 18.9. The molecule has 3 rings (SSSR count). The van der Waals surface area contributed by atoms with Gasteiger partial charge in [0.25, 0.3) is 5.91 Å². The van der Waals surface area contributed by atoms with Crippen molar-refractivity contribution >= 4 is 33.4 Å². The van der Waals surface area contributed by atoms with Gasteiger partial charge in [-0.25, -0.2) is 13.2 Å². The van der Waals surface area contributed by atoms with Crippen molar-refractivity contribution in [3.63, 3.8) is 0 Å². The van der Waals surface area contributed by atoms with E-state index in [1.807, 2.05) is 0 Å². The molecule has 9 nitrogen and oxygen atoms in total. The van der Waals surface area contributed by atoms with E-state index in [4.69, 9.17) is 9.26 Å². The average Bonchev–Trinajstić information content (AvgIpc) is 3.19. The summed E-state index contributed by atoms with van der Waals surface area (Å²) < 4.78 is 35.2. The molecule has 2 aromatic rings. The first-order chi connectivity index (χ1) is 12.8. The summed E-state index contributed by atoms with van der Waals surface area (Å²) >= 11 is 0. The van der Waals surface area contributed by atoms with Gasteiger partial charge in [-0.05, 0) is 44.5 Å². The summed E-state index contributed by atoms with van der Waals surface area (Å²) in [6, 6.07) is 7.57. The molecule has 1 aliphatic heterocycles. The summed E-state index contributed by atoms with van der Waals surface area (Å²) in [5, 5.41) is 6.11. The van der Waals surface area contributed by atoms with E-state index in [0.29, 0.717) is 24.4 Å². The van der Waals surface area contributed by atoms with Crippen molar-refractivity contribution in [2.24, 2.45) is 0 Å². The fourth-order valence-corrected chi connectivity index (χ4v) is 4.19. The zero-order chi connectivity index (χ0) is 19.6. The maximum atomic E-state index is 12.2. The number of nitrogens with zero attached hydrogens (tertiary/aromatic N) is 2. The number of hydrogen-bond donors (Lipinski definition) is 1. The first-order valence-electron chi connectivity index (χ1n) is 8.32. The number of aromatic nitrogens is 1. The van der Waals surface area contributed by atoms with Gasteiger partial charge in [-0.15, -0.1) is 0 Å². The van der Waals surface area contributed by atoms with Gasteiger partial charge in [-0.3, -0.25) is 9.10 Å². The second kappa shape index (κ2) is 7.39. The zero-order valence-electron chi connectivity index (χ0n) is 14.8. The first-order valence-corrected chi connectivity index (χ1v) is 9.93. The monoisotopic (exact) mass is 393 g/mol. The Morgan fingerprint density at radius 1 is 1.30 bits per heavy atom. The molecule has 1 aliphatic rings. The quantitative estimate of drug-likeness (QED) is 0.768. The minimum Gasteiger partial charge on any atom is -0.449 e. The number of benzene rings is 1. The molecule has 0 spiro atoms. The number of sulfonamides is 1. The molecule has 27 heavy (non-hydrogen) atoms. The van der Waals surface area contributed by atoms with E-state index in [-0.39, 0.29) is 17.1 Å². The van der Waals surface area contributed by atoms with Crippen LogP contribution in [-0.2, 0) is 19.6 Å². The van der Waals surface area contributed by atoms with Crippen molar-refractivity contribution in [3.05, 3.63) is 41.7 Å². The van der Waals surface area contributed by atoms with Crippen molar-refractivity contribution in [1.82, 2.24) is 5.16 Å². The zero-order valence-corrected chi connectivity index (χ0v) is 15.7. The number of carbonyl (C=O) groups excluding carboxylic acids is 2. The van der Waals surface area contributed by atoms with E-state index in [0.717, 1.165) is 0 Å². The van der Waals surface area contributed by atoms with Crippen LogP contribution < -0.4 is 9.62 Å². The van der Waals surface area contributed by atoms with Crippen LogP contribution in [0.2, 0.25) is 0 Å². The number of aryl methyl sites for hydroxylation is 1. The SMILES string of the molecule is Cc1cc(NC(=O)C(C)OC(=O)c2ccc(N3CCCS3(=O)=O)cc2)no1. The minimum absolute atomic E-state index is 0.120. The molecule has 2 heterocycles. The Labute approximate surface area is 156 Å². The molecule has 1 aromatic carbocycles. The summed E-state index contributed by atoms with van der Waals surface area (Å²) in [4.78, 5) is 24.3. The molecule has 144 valence electrons. The Morgan fingerprint density at radius 2 is 2.00 bits per heavy atom. The number of ether oxygens (including phenoxy) is 1. The molecule has 1 amide bonds. The van der Waals surface area contributed by atoms with Gasteiger partial charge in [0.05, 0.1) is 17.0 Å². The van der Waals surface area contributed by atoms with Crippen LogP contribution in [-0.4, -0.2) is 43.9 Å². The molecule has 10 heteroatoms. The van der Waals surface area contributed by atoms with Crippen LogP contribution in [0.3, 0.4) is 0 Å². The molecule has 1 fully saturated rings. The fraction of sp³-hybridized carbons (Fsp3) is 0.353. The number of nitrogens with one attached hydrogen (secondary N) is 1. The molecule has 1 atom stereocenters. The fourth-order valence-electron chi connectivity index (χ4n) is 2.63. The van der Waals surface area contributed by atoms with Crippen LogP contribution in [0, 0.1) is 6.92 Å². The minimum atomic E-state index is -3.28. The van der Waals surface area contributed by atoms with Crippen LogP contribution in [0.5, 0.6) is 0 Å². The lowest BCUT2D eigenvalue weighted by Gasteiger charge is -2.17. The standard InChI is InChI=1S/C17H19N3O6S/c1-11-10-15(19-26-11)18-16(21)12(2)25-17(22)13-4-6-14(7-5-13)20-8-3-9-27(20,23)24/h4-7,10,12H,3,8-9H2,1-2H3,(H,18,19,21). The lowest BCUT2D eigenvalue weighted by atomic mass is 10.2. The Hall–Kier alpha value is -2.88. The number of esters is 1. The lowest BCUT2D eigenvalue weighted by Crippen LogP contribution is -2.30. The highest BCUT2D eigenvalue weighted by molar-refractivity contribution is 7.93. The van der Waals surface area contributed by atoms with Gasteiger partial charge >= 0.3 is 5.97 Å². The maximum Gasteiger partial charge on any atom is 0.338 e. The highest BCUT2D eigenvalue weighted by Crippen LogP contribution is 2.24. The Morgan fingerprint density at radius 3 is 2.56 bits per heavy atom. The number of amides is 1. The smallest absolute Gasteiger partial charge is 0.338 e. The highest BCUT2D eigenvalue weighted by atomic mass is 32.2. The van der Waals surface area contributed by atoms with Crippen LogP contribution in [0.15, 0.2) is 34.9 Å². The van der Waals surface area contributed by atoms with Crippen LogP contribution >= 0.6 is 0 Å². The van der Waals surface area contributed by atoms with Crippen molar-refractivity contribution in [3.8, 4) is 0 Å². The number of rotatable bonds is 5. The normalized spacial score (nSPS) is 16.7. The third kappa shape index (κ3) is 4.27. The summed E-state index contributed by atoms with van der Waals surface area (Å²) in [6.07, 6.45) is -0.475. The van der Waals surface area contributed by atoms with E-state index in [1.165, 1.54) is 29.4 Å². The van der Waals surface area contributed by atoms with E-state index in [1.54, 1.807) is 19.1 Å². The van der Waals surface area contributed by atoms with E-state index < -0.39 is 28.0 Å². The van der Waals surface area contributed by atoms with E-state index in [2.05, 4.69) is 10.5 Å². The third-order valence-electron chi connectivity index (χ3n) is 4.02. The van der Waals surface area contributed by atoms with Crippen molar-refractivity contribution in [2.75, 3.05) is 21.9 Å². The average molecular weight is 393 g/mol. The van der Waals surface area contributed by atoms with Gasteiger partial charge in [-0.1, -0.05) is 5.16 Å².